The van der Waals surface area contributed by atoms with E-state index < -0.39 is 0 Å². The lowest BCUT2D eigenvalue weighted by molar-refractivity contribution is -0.161. The Hall–Kier alpha value is -0.800. The van der Waals surface area contributed by atoms with Gasteiger partial charge < -0.3 is 4.74 Å². The summed E-state index contributed by atoms with van der Waals surface area (Å²) in [6.07, 6.45) is 8.38. The predicted molar refractivity (Wildman–Crippen MR) is 120 cm³/mol. The van der Waals surface area contributed by atoms with Crippen LogP contribution >= 0.6 is 23.2 Å². The monoisotopic (exact) mass is 452 g/mol. The topological polar surface area (TPSA) is 43.4 Å². The first-order valence-corrected chi connectivity index (χ1v) is 12.3. The molecule has 0 radical (unpaired) electrons. The number of fused-ring (bicyclic) bond motifs is 5. The van der Waals surface area contributed by atoms with Gasteiger partial charge in [-0.2, -0.15) is 0 Å². The lowest BCUT2D eigenvalue weighted by atomic mass is 9.48. The van der Waals surface area contributed by atoms with E-state index in [4.69, 9.17) is 27.9 Å². The molecule has 2 saturated carbocycles. The summed E-state index contributed by atoms with van der Waals surface area (Å²) in [4.78, 5) is 24.3. The molecule has 3 nitrogen and oxygen atoms in total. The maximum absolute atomic E-state index is 12.2. The molecule has 8 atom stereocenters. The van der Waals surface area contributed by atoms with Crippen LogP contribution in [0.2, 0.25) is 0 Å². The van der Waals surface area contributed by atoms with E-state index in [0.29, 0.717) is 41.0 Å². The zero-order chi connectivity index (χ0) is 22.0. The van der Waals surface area contributed by atoms with E-state index in [1.807, 2.05) is 0 Å². The number of ether oxygens (including phenoxy) is 1. The smallest absolute Gasteiger partial charge is 0.302 e. The maximum Gasteiger partial charge on any atom is 0.302 e. The number of halogens is 2. The van der Waals surface area contributed by atoms with Gasteiger partial charge in [0.2, 0.25) is 0 Å². The van der Waals surface area contributed by atoms with E-state index in [0.717, 1.165) is 31.3 Å². The maximum atomic E-state index is 12.2. The van der Waals surface area contributed by atoms with E-state index in [1.54, 1.807) is 6.08 Å². The van der Waals surface area contributed by atoms with Crippen molar-refractivity contribution in [1.82, 2.24) is 0 Å². The molecule has 30 heavy (non-hydrogen) atoms. The summed E-state index contributed by atoms with van der Waals surface area (Å²) in [6.45, 7) is 10.5. The number of allylic oxidation sites excluding steroid dienone is 4. The molecular weight excluding hydrogens is 419 g/mol. The molecule has 2 fully saturated rings. The Balaban J connectivity index is 1.81. The molecule has 0 N–H and O–H groups in total. The number of carbonyl (C=O) groups excluding carboxylic acids is 2. The van der Waals surface area contributed by atoms with Crippen molar-refractivity contribution in [3.05, 3.63) is 22.8 Å². The number of carbonyl (C=O) groups is 2. The van der Waals surface area contributed by atoms with Crippen LogP contribution in [0.5, 0.6) is 0 Å². The Kier molecular flexibility index (Phi) is 5.72. The van der Waals surface area contributed by atoms with Crippen LogP contribution in [-0.2, 0) is 14.3 Å². The van der Waals surface area contributed by atoms with Gasteiger partial charge >= 0.3 is 5.97 Å². The number of hydrogen-bond donors (Lipinski definition) is 0. The average molecular weight is 453 g/mol. The Bertz CT molecular complexity index is 815. The molecule has 0 saturated heterocycles. The zero-order valence-corrected chi connectivity index (χ0v) is 20.2. The molecule has 0 heterocycles. The molecule has 4 rings (SSSR count). The SMILES string of the molecule is CC[C@]12CC[C@H]3[C@@H](C=C(Cl)C4=CC(=O)C[C@H](Cl)[C@@]43C)[C@@H]1C[C@H](C(C)C)[C@@H]2OC(C)=O. The fourth-order valence-corrected chi connectivity index (χ4v) is 8.42. The highest BCUT2D eigenvalue weighted by atomic mass is 35.5. The molecule has 166 valence electrons. The summed E-state index contributed by atoms with van der Waals surface area (Å²) in [7, 11) is 0. The molecule has 0 aromatic carbocycles. The summed E-state index contributed by atoms with van der Waals surface area (Å²) < 4.78 is 6.05. The van der Waals surface area contributed by atoms with Crippen molar-refractivity contribution in [3.8, 4) is 0 Å². The van der Waals surface area contributed by atoms with Crippen molar-refractivity contribution < 1.29 is 14.3 Å². The molecule has 0 aromatic rings. The molecular formula is C25H34Cl2O3. The van der Waals surface area contributed by atoms with Crippen LogP contribution in [-0.4, -0.2) is 23.2 Å². The number of rotatable bonds is 3. The average Bonchev–Trinajstić information content (AvgIpc) is 2.99. The van der Waals surface area contributed by atoms with Crippen LogP contribution < -0.4 is 0 Å². The van der Waals surface area contributed by atoms with Gasteiger partial charge in [0.1, 0.15) is 6.10 Å². The van der Waals surface area contributed by atoms with Gasteiger partial charge in [-0.05, 0) is 66.9 Å². The van der Waals surface area contributed by atoms with E-state index in [2.05, 4.69) is 33.8 Å². The lowest BCUT2D eigenvalue weighted by Crippen LogP contribution is -2.54. The first-order chi connectivity index (χ1) is 14.1. The predicted octanol–water partition coefficient (Wildman–Crippen LogP) is 6.28. The Morgan fingerprint density at radius 2 is 2.03 bits per heavy atom. The molecule has 0 unspecified atom stereocenters. The van der Waals surface area contributed by atoms with E-state index in [-0.39, 0.29) is 34.1 Å². The van der Waals surface area contributed by atoms with Crippen molar-refractivity contribution in [2.45, 2.75) is 78.2 Å². The second-order valence-corrected chi connectivity index (χ2v) is 11.5. The highest BCUT2D eigenvalue weighted by molar-refractivity contribution is 6.33. The Morgan fingerprint density at radius 3 is 2.63 bits per heavy atom. The zero-order valence-electron chi connectivity index (χ0n) is 18.7. The second-order valence-electron chi connectivity index (χ2n) is 10.6. The van der Waals surface area contributed by atoms with Gasteiger partial charge in [0.15, 0.2) is 5.78 Å². The van der Waals surface area contributed by atoms with Gasteiger partial charge in [-0.1, -0.05) is 45.4 Å². The standard InChI is InChI=1S/C25H34Cl2O3/c1-6-25-8-7-18-17(19(25)11-16(13(2)3)23(25)30-14(4)28)12-21(26)20-9-15(29)10-22(27)24(18,20)5/h9,12-13,16-19,22-23H,6-8,10-11H2,1-5H3/t16-,17-,18+,19+,22+,23+,24-,25+/m1/s1. The van der Waals surface area contributed by atoms with E-state index in [9.17, 15) is 9.59 Å². The summed E-state index contributed by atoms with van der Waals surface area (Å²) in [5.41, 5.74) is 0.624. The minimum absolute atomic E-state index is 0.0146. The first-order valence-electron chi connectivity index (χ1n) is 11.5. The molecule has 4 aliphatic rings. The largest absolute Gasteiger partial charge is 0.462 e. The second kappa shape index (κ2) is 7.66. The summed E-state index contributed by atoms with van der Waals surface area (Å²) >= 11 is 13.7. The van der Waals surface area contributed by atoms with Gasteiger partial charge in [0.25, 0.3) is 0 Å². The van der Waals surface area contributed by atoms with Crippen molar-refractivity contribution in [3.63, 3.8) is 0 Å². The summed E-state index contributed by atoms with van der Waals surface area (Å²) in [5, 5.41) is 0.460. The molecule has 4 aliphatic carbocycles. The van der Waals surface area contributed by atoms with Gasteiger partial charge in [0, 0.05) is 29.2 Å². The minimum atomic E-state index is -0.293. The number of ketones is 1. The molecule has 0 spiro atoms. The summed E-state index contributed by atoms with van der Waals surface area (Å²) in [6, 6.07) is 0. The third-order valence-electron chi connectivity index (χ3n) is 9.16. The molecule has 0 amide bonds. The molecule has 0 bridgehead atoms. The normalized spacial score (nSPS) is 45.3. The fraction of sp³-hybridized carbons (Fsp3) is 0.760. The fourth-order valence-electron chi connectivity index (χ4n) is 7.58. The highest BCUT2D eigenvalue weighted by Crippen LogP contribution is 2.68. The number of alkyl halides is 1. The molecule has 5 heteroatoms. The number of esters is 1. The van der Waals surface area contributed by atoms with E-state index in [1.165, 1.54) is 6.92 Å². The third kappa shape index (κ3) is 3.05. The van der Waals surface area contributed by atoms with Crippen LogP contribution in [0.3, 0.4) is 0 Å². The summed E-state index contributed by atoms with van der Waals surface area (Å²) in [5.74, 6) is 1.76. The molecule has 0 aliphatic heterocycles. The third-order valence-corrected chi connectivity index (χ3v) is 10.1. The van der Waals surface area contributed by atoms with Crippen molar-refractivity contribution in [2.24, 2.45) is 40.4 Å². The van der Waals surface area contributed by atoms with Crippen molar-refractivity contribution >= 4 is 35.0 Å². The minimum Gasteiger partial charge on any atom is -0.462 e. The molecule has 0 aromatic heterocycles. The van der Waals surface area contributed by atoms with Crippen LogP contribution in [0.15, 0.2) is 22.8 Å². The Morgan fingerprint density at radius 1 is 1.33 bits per heavy atom. The van der Waals surface area contributed by atoms with Gasteiger partial charge in [-0.3, -0.25) is 9.59 Å². The van der Waals surface area contributed by atoms with Crippen LogP contribution in [0.25, 0.3) is 0 Å². The van der Waals surface area contributed by atoms with Gasteiger partial charge in [-0.15, -0.1) is 11.6 Å². The van der Waals surface area contributed by atoms with Gasteiger partial charge in [-0.25, -0.2) is 0 Å². The van der Waals surface area contributed by atoms with Crippen LogP contribution in [0, 0.1) is 40.4 Å². The van der Waals surface area contributed by atoms with Crippen LogP contribution in [0.4, 0.5) is 0 Å². The lowest BCUT2D eigenvalue weighted by Gasteiger charge is -2.58. The quantitative estimate of drug-likeness (QED) is 0.373. The van der Waals surface area contributed by atoms with Crippen molar-refractivity contribution in [1.29, 1.82) is 0 Å². The Labute approximate surface area is 190 Å². The van der Waals surface area contributed by atoms with Crippen LogP contribution in [0.1, 0.15) is 66.7 Å². The van der Waals surface area contributed by atoms with E-state index >= 15 is 0 Å². The highest BCUT2D eigenvalue weighted by Gasteiger charge is 2.65. The number of hydrogen-bond acceptors (Lipinski definition) is 3. The van der Waals surface area contributed by atoms with Gasteiger partial charge in [0.05, 0.1) is 5.38 Å². The van der Waals surface area contributed by atoms with Crippen molar-refractivity contribution in [2.75, 3.05) is 0 Å². The first kappa shape index (κ1) is 22.4.